The Balaban J connectivity index is 2.02. The number of nitrogens with zero attached hydrogens (tertiary/aromatic N) is 1. The second-order valence-electron chi connectivity index (χ2n) is 7.21. The van der Waals surface area contributed by atoms with Crippen molar-refractivity contribution in [1.82, 2.24) is 4.90 Å². The van der Waals surface area contributed by atoms with Gasteiger partial charge in [0.15, 0.2) is 0 Å². The Morgan fingerprint density at radius 1 is 0.939 bits per heavy atom. The average molecular weight is 493 g/mol. The van der Waals surface area contributed by atoms with E-state index in [-0.39, 0.29) is 27.6 Å². The minimum atomic E-state index is -4.22. The Hall–Kier alpha value is -3.05. The standard InChI is InChI=1S/C22H24N2O7S2/c1-30-21(26)14-6-8-16(22(27)31-2)18(12-14)23-33(28,29)15-7-9-19(32-3)17(13-15)20(25)24-10-4-5-11-24/h6-9,12-13,23H,4-5,10-11H2,1-3H3. The highest BCUT2D eigenvalue weighted by Gasteiger charge is 2.26. The molecule has 0 bridgehead atoms. The molecule has 33 heavy (non-hydrogen) atoms. The van der Waals surface area contributed by atoms with Gasteiger partial charge in [-0.15, -0.1) is 11.8 Å². The smallest absolute Gasteiger partial charge is 0.339 e. The average Bonchev–Trinajstić information content (AvgIpc) is 3.37. The summed E-state index contributed by atoms with van der Waals surface area (Å²) in [6.45, 7) is 1.26. The van der Waals surface area contributed by atoms with E-state index in [1.807, 2.05) is 6.26 Å². The van der Waals surface area contributed by atoms with Gasteiger partial charge in [-0.1, -0.05) is 0 Å². The van der Waals surface area contributed by atoms with Crippen LogP contribution in [0.2, 0.25) is 0 Å². The maximum atomic E-state index is 13.2. The minimum absolute atomic E-state index is 0.0467. The number of likely N-dealkylation sites (tertiary alicyclic amines) is 1. The predicted octanol–water partition coefficient (Wildman–Crippen LogP) is 3.02. The molecular formula is C22H24N2O7S2. The quantitative estimate of drug-likeness (QED) is 0.463. The lowest BCUT2D eigenvalue weighted by Crippen LogP contribution is -2.28. The molecule has 0 spiro atoms. The molecule has 11 heteroatoms. The summed E-state index contributed by atoms with van der Waals surface area (Å²) < 4.78 is 38.1. The highest BCUT2D eigenvalue weighted by Crippen LogP contribution is 2.28. The summed E-state index contributed by atoms with van der Waals surface area (Å²) in [4.78, 5) is 39.3. The van der Waals surface area contributed by atoms with E-state index in [1.165, 1.54) is 49.2 Å². The summed E-state index contributed by atoms with van der Waals surface area (Å²) in [5, 5.41) is 0. The molecule has 0 radical (unpaired) electrons. The molecule has 3 rings (SSSR count). The van der Waals surface area contributed by atoms with Crippen LogP contribution in [-0.2, 0) is 19.5 Å². The number of hydrogen-bond donors (Lipinski definition) is 1. The van der Waals surface area contributed by atoms with Crippen molar-refractivity contribution in [1.29, 1.82) is 0 Å². The zero-order chi connectivity index (χ0) is 24.2. The fraction of sp³-hybridized carbons (Fsp3) is 0.318. The van der Waals surface area contributed by atoms with Crippen molar-refractivity contribution in [3.8, 4) is 0 Å². The number of amides is 1. The molecule has 1 aliphatic heterocycles. The highest BCUT2D eigenvalue weighted by atomic mass is 32.2. The number of benzene rings is 2. The normalized spacial score (nSPS) is 13.5. The summed E-state index contributed by atoms with van der Waals surface area (Å²) in [6.07, 6.45) is 3.63. The molecule has 0 aliphatic carbocycles. The number of nitrogens with one attached hydrogen (secondary N) is 1. The molecule has 176 valence electrons. The summed E-state index contributed by atoms with van der Waals surface area (Å²) in [5.41, 5.74) is 0.114. The fourth-order valence-corrected chi connectivity index (χ4v) is 5.14. The van der Waals surface area contributed by atoms with E-state index in [9.17, 15) is 22.8 Å². The lowest BCUT2D eigenvalue weighted by molar-refractivity contribution is 0.0587. The van der Waals surface area contributed by atoms with E-state index in [0.29, 0.717) is 23.5 Å². The van der Waals surface area contributed by atoms with Gasteiger partial charge in [0.05, 0.1) is 41.5 Å². The van der Waals surface area contributed by atoms with Crippen LogP contribution in [0, 0.1) is 0 Å². The van der Waals surface area contributed by atoms with Crippen LogP contribution in [0.5, 0.6) is 0 Å². The zero-order valence-corrected chi connectivity index (χ0v) is 20.0. The third-order valence-electron chi connectivity index (χ3n) is 5.20. The first kappa shape index (κ1) is 24.6. The first-order valence-electron chi connectivity index (χ1n) is 10.0. The molecule has 9 nitrogen and oxygen atoms in total. The van der Waals surface area contributed by atoms with Crippen LogP contribution in [0.15, 0.2) is 46.2 Å². The molecule has 2 aromatic rings. The number of rotatable bonds is 7. The second kappa shape index (κ2) is 10.3. The summed E-state index contributed by atoms with van der Waals surface area (Å²) in [5.74, 6) is -1.71. The van der Waals surface area contributed by atoms with Gasteiger partial charge in [0.25, 0.3) is 15.9 Å². The Morgan fingerprint density at radius 2 is 1.61 bits per heavy atom. The lowest BCUT2D eigenvalue weighted by atomic mass is 10.1. The number of anilines is 1. The zero-order valence-electron chi connectivity index (χ0n) is 18.4. The summed E-state index contributed by atoms with van der Waals surface area (Å²) in [6, 6.07) is 8.09. The number of sulfonamides is 1. The van der Waals surface area contributed by atoms with Crippen LogP contribution in [0.25, 0.3) is 0 Å². The molecule has 1 amide bonds. The van der Waals surface area contributed by atoms with E-state index < -0.39 is 22.0 Å². The molecule has 0 saturated carbocycles. The van der Waals surface area contributed by atoms with Crippen molar-refractivity contribution in [2.75, 3.05) is 38.3 Å². The number of thioether (sulfide) groups is 1. The molecule has 2 aromatic carbocycles. The van der Waals surface area contributed by atoms with E-state index in [1.54, 1.807) is 11.0 Å². The molecule has 1 heterocycles. The number of carbonyl (C=O) groups excluding carboxylic acids is 3. The SMILES string of the molecule is COC(=O)c1ccc(C(=O)OC)c(NS(=O)(=O)c2ccc(SC)c(C(=O)N3CCCC3)c2)c1. The molecular weight excluding hydrogens is 468 g/mol. The molecule has 0 unspecified atom stereocenters. The first-order chi connectivity index (χ1) is 15.7. The third kappa shape index (κ3) is 5.31. The number of carbonyl (C=O) groups is 3. The highest BCUT2D eigenvalue weighted by molar-refractivity contribution is 7.98. The van der Waals surface area contributed by atoms with Crippen molar-refractivity contribution in [2.24, 2.45) is 0 Å². The summed E-state index contributed by atoms with van der Waals surface area (Å²) >= 11 is 1.35. The lowest BCUT2D eigenvalue weighted by Gasteiger charge is -2.18. The fourth-order valence-electron chi connectivity index (χ4n) is 3.48. The number of hydrogen-bond acceptors (Lipinski definition) is 8. The maximum absolute atomic E-state index is 13.2. The Morgan fingerprint density at radius 3 is 2.21 bits per heavy atom. The molecule has 1 fully saturated rings. The second-order valence-corrected chi connectivity index (χ2v) is 9.74. The molecule has 1 saturated heterocycles. The van der Waals surface area contributed by atoms with Crippen LogP contribution >= 0.6 is 11.8 Å². The molecule has 1 aliphatic rings. The topological polar surface area (TPSA) is 119 Å². The van der Waals surface area contributed by atoms with E-state index in [2.05, 4.69) is 9.46 Å². The van der Waals surface area contributed by atoms with Gasteiger partial charge in [-0.25, -0.2) is 18.0 Å². The van der Waals surface area contributed by atoms with Gasteiger partial charge in [-0.2, -0.15) is 0 Å². The van der Waals surface area contributed by atoms with Crippen LogP contribution in [-0.4, -0.2) is 64.7 Å². The van der Waals surface area contributed by atoms with Crippen molar-refractivity contribution in [3.05, 3.63) is 53.1 Å². The maximum Gasteiger partial charge on any atom is 0.339 e. The van der Waals surface area contributed by atoms with Crippen LogP contribution in [0.4, 0.5) is 5.69 Å². The van der Waals surface area contributed by atoms with Gasteiger partial charge in [-0.3, -0.25) is 9.52 Å². The van der Waals surface area contributed by atoms with Crippen LogP contribution in [0.3, 0.4) is 0 Å². The van der Waals surface area contributed by atoms with E-state index in [0.717, 1.165) is 20.0 Å². The van der Waals surface area contributed by atoms with E-state index in [4.69, 9.17) is 4.74 Å². The molecule has 1 N–H and O–H groups in total. The van der Waals surface area contributed by atoms with Gasteiger partial charge >= 0.3 is 11.9 Å². The Labute approximate surface area is 196 Å². The molecule has 0 atom stereocenters. The van der Waals surface area contributed by atoms with Crippen molar-refractivity contribution in [3.63, 3.8) is 0 Å². The van der Waals surface area contributed by atoms with Crippen molar-refractivity contribution in [2.45, 2.75) is 22.6 Å². The monoisotopic (exact) mass is 492 g/mol. The Bertz CT molecular complexity index is 1190. The van der Waals surface area contributed by atoms with Gasteiger partial charge in [0.1, 0.15) is 0 Å². The van der Waals surface area contributed by atoms with Crippen LogP contribution in [0.1, 0.15) is 43.9 Å². The van der Waals surface area contributed by atoms with E-state index >= 15 is 0 Å². The Kier molecular flexibility index (Phi) is 7.65. The van der Waals surface area contributed by atoms with Gasteiger partial charge in [0, 0.05) is 18.0 Å². The third-order valence-corrected chi connectivity index (χ3v) is 7.35. The van der Waals surface area contributed by atoms with Crippen molar-refractivity contribution < 1.29 is 32.3 Å². The summed E-state index contributed by atoms with van der Waals surface area (Å²) in [7, 11) is -1.88. The predicted molar refractivity (Wildman–Crippen MR) is 123 cm³/mol. The van der Waals surface area contributed by atoms with Crippen LogP contribution < -0.4 is 4.72 Å². The number of methoxy groups -OCH3 is 2. The molecule has 0 aromatic heterocycles. The number of ether oxygens (including phenoxy) is 2. The first-order valence-corrected chi connectivity index (χ1v) is 12.7. The largest absolute Gasteiger partial charge is 0.465 e. The number of esters is 2. The van der Waals surface area contributed by atoms with Gasteiger partial charge in [-0.05, 0) is 55.5 Å². The minimum Gasteiger partial charge on any atom is -0.465 e. The van der Waals surface area contributed by atoms with Crippen molar-refractivity contribution >= 4 is 45.3 Å². The van der Waals surface area contributed by atoms with Gasteiger partial charge < -0.3 is 14.4 Å². The van der Waals surface area contributed by atoms with Gasteiger partial charge in [0.2, 0.25) is 0 Å².